The molecule has 0 aromatic carbocycles. The first-order valence-electron chi connectivity index (χ1n) is 19.5. The Balaban J connectivity index is 1.10. The molecular formula is C43H59N3. The molecule has 0 aromatic heterocycles. The molecule has 0 spiro atoms. The highest BCUT2D eigenvalue weighted by atomic mass is 15.4. The zero-order valence-electron chi connectivity index (χ0n) is 28.5. The average molecular weight is 618 g/mol. The minimum Gasteiger partial charge on any atom is -0.353 e. The van der Waals surface area contributed by atoms with E-state index in [0.717, 1.165) is 23.7 Å². The van der Waals surface area contributed by atoms with E-state index in [-0.39, 0.29) is 6.29 Å². The maximum Gasteiger partial charge on any atom is 0.155 e. The Morgan fingerprint density at radius 2 is 1.46 bits per heavy atom. The van der Waals surface area contributed by atoms with Crippen molar-refractivity contribution in [3.63, 3.8) is 0 Å². The van der Waals surface area contributed by atoms with Crippen LogP contribution in [0.25, 0.3) is 0 Å². The van der Waals surface area contributed by atoms with Crippen molar-refractivity contribution in [3.8, 4) is 0 Å². The van der Waals surface area contributed by atoms with Crippen molar-refractivity contribution in [3.05, 3.63) is 94.9 Å². The molecule has 9 unspecified atom stereocenters. The first kappa shape index (κ1) is 30.8. The molecule has 0 radical (unpaired) electrons. The van der Waals surface area contributed by atoms with Crippen LogP contribution in [-0.4, -0.2) is 23.3 Å². The molecule has 246 valence electrons. The average Bonchev–Trinajstić information content (AvgIpc) is 3.46. The van der Waals surface area contributed by atoms with Gasteiger partial charge in [-0.05, 0) is 162 Å². The van der Waals surface area contributed by atoms with E-state index in [2.05, 4.69) is 89.3 Å². The van der Waals surface area contributed by atoms with Gasteiger partial charge in [0.25, 0.3) is 0 Å². The molecule has 0 fully saturated rings. The van der Waals surface area contributed by atoms with Crippen LogP contribution in [0, 0.1) is 35.5 Å². The van der Waals surface area contributed by atoms with Gasteiger partial charge >= 0.3 is 0 Å². The lowest BCUT2D eigenvalue weighted by Gasteiger charge is -2.45. The molecule has 3 nitrogen and oxygen atoms in total. The number of rotatable bonds is 5. The summed E-state index contributed by atoms with van der Waals surface area (Å²) in [6.07, 6.45) is 49.7. The summed E-state index contributed by atoms with van der Waals surface area (Å²) in [5, 5.41) is 8.72. The molecule has 9 atom stereocenters. The number of hydrogen-bond donors (Lipinski definition) is 2. The number of allylic oxidation sites excluding steroid dienone is 12. The quantitative estimate of drug-likeness (QED) is 0.301. The molecule has 6 aliphatic carbocycles. The van der Waals surface area contributed by atoms with Crippen LogP contribution in [0.1, 0.15) is 116 Å². The fraction of sp³-hybridized carbons (Fsp3) is 0.628. The van der Waals surface area contributed by atoms with E-state index in [1.54, 1.807) is 22.4 Å². The predicted molar refractivity (Wildman–Crippen MR) is 192 cm³/mol. The predicted octanol–water partition coefficient (Wildman–Crippen LogP) is 10.2. The Morgan fingerprint density at radius 1 is 0.674 bits per heavy atom. The second-order valence-electron chi connectivity index (χ2n) is 16.0. The van der Waals surface area contributed by atoms with Gasteiger partial charge in [-0.3, -0.25) is 5.32 Å². The fourth-order valence-corrected chi connectivity index (χ4v) is 10.7. The summed E-state index contributed by atoms with van der Waals surface area (Å²) in [6, 6.07) is 1.05. The van der Waals surface area contributed by atoms with Crippen molar-refractivity contribution < 1.29 is 0 Å². The summed E-state index contributed by atoms with van der Waals surface area (Å²) in [5.41, 5.74) is 7.88. The van der Waals surface area contributed by atoms with Crippen molar-refractivity contribution in [2.24, 2.45) is 35.5 Å². The van der Waals surface area contributed by atoms with Gasteiger partial charge in [-0.15, -0.1) is 0 Å². The van der Waals surface area contributed by atoms with E-state index in [1.807, 2.05) is 0 Å². The second-order valence-corrected chi connectivity index (χ2v) is 16.0. The van der Waals surface area contributed by atoms with E-state index in [4.69, 9.17) is 0 Å². The zero-order valence-corrected chi connectivity index (χ0v) is 28.5. The number of hydrogen-bond acceptors (Lipinski definition) is 3. The maximum atomic E-state index is 4.39. The molecule has 2 aliphatic heterocycles. The van der Waals surface area contributed by atoms with Crippen molar-refractivity contribution in [1.82, 2.24) is 15.5 Å². The zero-order chi connectivity index (χ0) is 30.9. The Morgan fingerprint density at radius 3 is 2.26 bits per heavy atom. The van der Waals surface area contributed by atoms with Gasteiger partial charge in [-0.2, -0.15) is 0 Å². The van der Waals surface area contributed by atoms with Gasteiger partial charge in [0.1, 0.15) is 0 Å². The minimum absolute atomic E-state index is 0.136. The lowest BCUT2D eigenvalue weighted by atomic mass is 9.74. The Bertz CT molecular complexity index is 1370. The highest BCUT2D eigenvalue weighted by Gasteiger charge is 2.44. The van der Waals surface area contributed by atoms with Gasteiger partial charge in [0.2, 0.25) is 0 Å². The number of fused-ring (bicyclic) bond motifs is 2. The van der Waals surface area contributed by atoms with Crippen LogP contribution in [-0.2, 0) is 0 Å². The van der Waals surface area contributed by atoms with Gasteiger partial charge < -0.3 is 10.2 Å². The fourth-order valence-electron chi connectivity index (χ4n) is 10.7. The summed E-state index contributed by atoms with van der Waals surface area (Å²) in [4.78, 5) is 2.87. The minimum atomic E-state index is 0.136. The molecule has 0 saturated heterocycles. The van der Waals surface area contributed by atoms with Crippen LogP contribution in [0.15, 0.2) is 94.9 Å². The molecule has 0 saturated carbocycles. The number of nitrogens with zero attached hydrogens (tertiary/aromatic N) is 1. The molecule has 8 rings (SSSR count). The molecule has 0 bridgehead atoms. The SMILES string of the molecule is C/C1=C(\C2=CCCC(C3C=CCCC3)C2)NC(N2C3=C(C=CCC3)C3C=CCCC32)NC(C2C=CC(C3C=CCCC3)CC2)CC1. The molecule has 8 aliphatic rings. The summed E-state index contributed by atoms with van der Waals surface area (Å²) < 4.78 is 0. The van der Waals surface area contributed by atoms with Crippen LogP contribution in [0.4, 0.5) is 0 Å². The lowest BCUT2D eigenvalue weighted by Crippen LogP contribution is -2.61. The third kappa shape index (κ3) is 6.23. The molecule has 2 N–H and O–H groups in total. The van der Waals surface area contributed by atoms with E-state index in [1.165, 1.54) is 115 Å². The third-order valence-corrected chi connectivity index (χ3v) is 13.2. The van der Waals surface area contributed by atoms with Crippen LogP contribution in [0.3, 0.4) is 0 Å². The van der Waals surface area contributed by atoms with Gasteiger partial charge in [-0.1, -0.05) is 66.8 Å². The Labute approximate surface area is 279 Å². The van der Waals surface area contributed by atoms with Crippen molar-refractivity contribution in [1.29, 1.82) is 0 Å². The normalized spacial score (nSPS) is 41.0. The highest BCUT2D eigenvalue weighted by molar-refractivity contribution is 5.42. The second kappa shape index (κ2) is 13.9. The van der Waals surface area contributed by atoms with Gasteiger partial charge in [0.15, 0.2) is 6.29 Å². The Hall–Kier alpha value is -2.52. The van der Waals surface area contributed by atoms with Crippen LogP contribution in [0.2, 0.25) is 0 Å². The summed E-state index contributed by atoms with van der Waals surface area (Å²) >= 11 is 0. The van der Waals surface area contributed by atoms with E-state index < -0.39 is 0 Å². The molecular weight excluding hydrogens is 558 g/mol. The molecule has 0 amide bonds. The molecule has 2 heterocycles. The Kier molecular flexibility index (Phi) is 9.31. The standard InChI is InChI=1S/C43H59N3/c1-30-23-28-39(34-26-24-33(25-27-34)31-13-4-2-5-14-31)44-43(46-40-21-10-8-19-37(40)38-20-9-11-22-41(38)46)45-42(30)36-18-12-17-35(29-36)32-15-6-3-7-16-32/h4,6,8-9,13,15,18-20,24,26,31-35,37,39-40,43-45H,2-3,5,7,10-12,14,16-17,21-23,25,27-29H2,1H3/b42-30-. The van der Waals surface area contributed by atoms with Crippen LogP contribution >= 0.6 is 0 Å². The first-order valence-corrected chi connectivity index (χ1v) is 19.5. The summed E-state index contributed by atoms with van der Waals surface area (Å²) in [5.74, 6) is 4.22. The van der Waals surface area contributed by atoms with E-state index in [9.17, 15) is 0 Å². The van der Waals surface area contributed by atoms with Gasteiger partial charge in [-0.25, -0.2) is 0 Å². The highest BCUT2D eigenvalue weighted by Crippen LogP contribution is 2.46. The number of nitrogens with one attached hydrogen (secondary N) is 2. The van der Waals surface area contributed by atoms with Gasteiger partial charge in [0, 0.05) is 29.4 Å². The molecule has 3 heteroatoms. The first-order chi connectivity index (χ1) is 22.7. The topological polar surface area (TPSA) is 27.3 Å². The summed E-state index contributed by atoms with van der Waals surface area (Å²) in [7, 11) is 0. The van der Waals surface area contributed by atoms with Gasteiger partial charge in [0.05, 0.1) is 0 Å². The summed E-state index contributed by atoms with van der Waals surface area (Å²) in [6.45, 7) is 2.46. The lowest BCUT2D eigenvalue weighted by molar-refractivity contribution is 0.101. The van der Waals surface area contributed by atoms with E-state index in [0.29, 0.717) is 23.9 Å². The largest absolute Gasteiger partial charge is 0.353 e. The monoisotopic (exact) mass is 617 g/mol. The van der Waals surface area contributed by atoms with Crippen molar-refractivity contribution in [2.75, 3.05) is 0 Å². The molecule has 0 aromatic rings. The van der Waals surface area contributed by atoms with Crippen LogP contribution < -0.4 is 10.6 Å². The van der Waals surface area contributed by atoms with E-state index >= 15 is 0 Å². The maximum absolute atomic E-state index is 4.39. The van der Waals surface area contributed by atoms with Crippen LogP contribution in [0.5, 0.6) is 0 Å². The molecule has 46 heavy (non-hydrogen) atoms. The third-order valence-electron chi connectivity index (χ3n) is 13.2. The smallest absolute Gasteiger partial charge is 0.155 e. The van der Waals surface area contributed by atoms with Crippen molar-refractivity contribution >= 4 is 0 Å². The van der Waals surface area contributed by atoms with Crippen molar-refractivity contribution in [2.45, 2.75) is 134 Å².